The zero-order chi connectivity index (χ0) is 14.1. The monoisotopic (exact) mass is 273 g/mol. The van der Waals surface area contributed by atoms with Crippen molar-refractivity contribution in [2.24, 2.45) is 0 Å². The molecule has 2 aliphatic heterocycles. The van der Waals surface area contributed by atoms with Crippen LogP contribution in [0.2, 0.25) is 0 Å². The van der Waals surface area contributed by atoms with Crippen LogP contribution < -0.4 is 0 Å². The van der Waals surface area contributed by atoms with Gasteiger partial charge in [-0.2, -0.15) is 0 Å². The average molecular weight is 273 g/mol. The summed E-state index contributed by atoms with van der Waals surface area (Å²) in [6.07, 6.45) is 6.09. The molecule has 0 spiro atoms. The van der Waals surface area contributed by atoms with E-state index in [9.17, 15) is 4.39 Å². The summed E-state index contributed by atoms with van der Waals surface area (Å²) in [6, 6.07) is 5.84. The van der Waals surface area contributed by atoms with Gasteiger partial charge in [-0.3, -0.25) is 0 Å². The van der Waals surface area contributed by atoms with E-state index in [0.29, 0.717) is 11.6 Å². The maximum Gasteiger partial charge on any atom is 0.131 e. The van der Waals surface area contributed by atoms with Crippen LogP contribution in [-0.2, 0) is 4.74 Å². The first-order valence-electron chi connectivity index (χ1n) is 7.13. The second-order valence-corrected chi connectivity index (χ2v) is 5.75. The lowest BCUT2D eigenvalue weighted by atomic mass is 9.96. The predicted octanol–water partition coefficient (Wildman–Crippen LogP) is 3.87. The molecule has 0 radical (unpaired) electrons. The Morgan fingerprint density at radius 2 is 2.10 bits per heavy atom. The number of rotatable bonds is 2. The molecule has 106 valence electrons. The van der Waals surface area contributed by atoms with E-state index in [2.05, 4.69) is 24.2 Å². The largest absolute Gasteiger partial charge is 0.379 e. The lowest BCUT2D eigenvalue weighted by Gasteiger charge is -2.29. The fourth-order valence-electron chi connectivity index (χ4n) is 2.88. The lowest BCUT2D eigenvalue weighted by Crippen LogP contribution is -2.28. The Morgan fingerprint density at radius 3 is 2.80 bits per heavy atom. The van der Waals surface area contributed by atoms with E-state index >= 15 is 0 Å². The van der Waals surface area contributed by atoms with Gasteiger partial charge >= 0.3 is 0 Å². The smallest absolute Gasteiger partial charge is 0.131 e. The Balaban J connectivity index is 1.92. The van der Waals surface area contributed by atoms with E-state index in [-0.39, 0.29) is 5.82 Å². The molecule has 0 saturated carbocycles. The Kier molecular flexibility index (Phi) is 3.62. The van der Waals surface area contributed by atoms with E-state index in [1.165, 1.54) is 5.57 Å². The molecule has 3 rings (SSSR count). The molecule has 0 N–H and O–H groups in total. The summed E-state index contributed by atoms with van der Waals surface area (Å²) in [5, 5.41) is 0. The van der Waals surface area contributed by atoms with Gasteiger partial charge < -0.3 is 9.64 Å². The Hall–Kier alpha value is -1.61. The van der Waals surface area contributed by atoms with Gasteiger partial charge in [-0.25, -0.2) is 4.39 Å². The van der Waals surface area contributed by atoms with Crippen molar-refractivity contribution in [1.29, 1.82) is 0 Å². The summed E-state index contributed by atoms with van der Waals surface area (Å²) >= 11 is 0. The number of ether oxygens (including phenoxy) is 1. The minimum absolute atomic E-state index is 0.131. The van der Waals surface area contributed by atoms with Crippen molar-refractivity contribution in [1.82, 2.24) is 4.90 Å². The van der Waals surface area contributed by atoms with Crippen molar-refractivity contribution >= 4 is 5.57 Å². The van der Waals surface area contributed by atoms with Crippen molar-refractivity contribution in [3.05, 3.63) is 53.1 Å². The number of aryl methyl sites for hydroxylation is 1. The summed E-state index contributed by atoms with van der Waals surface area (Å²) in [5.74, 6) is -0.131. The van der Waals surface area contributed by atoms with Gasteiger partial charge in [0.05, 0.1) is 12.6 Å². The first-order valence-corrected chi connectivity index (χ1v) is 7.13. The van der Waals surface area contributed by atoms with Crippen molar-refractivity contribution in [3.63, 3.8) is 0 Å². The van der Waals surface area contributed by atoms with E-state index < -0.39 is 0 Å². The summed E-state index contributed by atoms with van der Waals surface area (Å²) in [6.45, 7) is 5.58. The van der Waals surface area contributed by atoms with Crippen LogP contribution in [0.25, 0.3) is 5.57 Å². The second-order valence-electron chi connectivity index (χ2n) is 5.75. The Morgan fingerprint density at radius 1 is 1.25 bits per heavy atom. The van der Waals surface area contributed by atoms with Crippen LogP contribution in [-0.4, -0.2) is 24.2 Å². The third-order valence-corrected chi connectivity index (χ3v) is 3.94. The molecule has 0 bridgehead atoms. The van der Waals surface area contributed by atoms with E-state index in [1.807, 2.05) is 19.1 Å². The van der Waals surface area contributed by atoms with Crippen LogP contribution >= 0.6 is 0 Å². The van der Waals surface area contributed by atoms with E-state index in [1.54, 1.807) is 6.07 Å². The highest BCUT2D eigenvalue weighted by atomic mass is 19.1. The van der Waals surface area contributed by atoms with Crippen LogP contribution in [0.1, 0.15) is 30.9 Å². The van der Waals surface area contributed by atoms with Crippen LogP contribution in [0.4, 0.5) is 4.39 Å². The van der Waals surface area contributed by atoms with Gasteiger partial charge in [0.15, 0.2) is 0 Å². The maximum atomic E-state index is 14.2. The van der Waals surface area contributed by atoms with Gasteiger partial charge in [-0.1, -0.05) is 17.7 Å². The first kappa shape index (κ1) is 13.4. The quantitative estimate of drug-likeness (QED) is 0.811. The van der Waals surface area contributed by atoms with Crippen molar-refractivity contribution < 1.29 is 9.13 Å². The van der Waals surface area contributed by atoms with E-state index in [0.717, 1.165) is 37.2 Å². The molecule has 1 atom stereocenters. The van der Waals surface area contributed by atoms with Gasteiger partial charge in [-0.15, -0.1) is 0 Å². The molecular weight excluding hydrogens is 253 g/mol. The Bertz CT molecular complexity index is 570. The summed E-state index contributed by atoms with van der Waals surface area (Å²) in [7, 11) is 0. The molecular formula is C17H20FNO. The maximum absolute atomic E-state index is 14.2. The molecule has 1 aromatic carbocycles. The van der Waals surface area contributed by atoms with Crippen LogP contribution in [0.5, 0.6) is 0 Å². The summed E-state index contributed by atoms with van der Waals surface area (Å²) in [5.41, 5.74) is 3.98. The average Bonchev–Trinajstić information content (AvgIpc) is 2.91. The number of benzene rings is 1. The highest BCUT2D eigenvalue weighted by molar-refractivity contribution is 5.69. The zero-order valence-electron chi connectivity index (χ0n) is 12.0. The molecule has 2 heterocycles. The third-order valence-electron chi connectivity index (χ3n) is 3.94. The van der Waals surface area contributed by atoms with Gasteiger partial charge in [0.25, 0.3) is 0 Å². The van der Waals surface area contributed by atoms with Crippen LogP contribution in [0.3, 0.4) is 0 Å². The number of allylic oxidation sites excluding steroid dienone is 2. The summed E-state index contributed by atoms with van der Waals surface area (Å²) in [4.78, 5) is 2.19. The SMILES string of the molecule is CC1=CN(C2CCOC2)C=C(c2ccc(C)cc2F)C1. The molecule has 2 nitrogen and oxygen atoms in total. The molecule has 2 aliphatic rings. The van der Waals surface area contributed by atoms with E-state index in [4.69, 9.17) is 4.74 Å². The molecule has 1 unspecified atom stereocenters. The second kappa shape index (κ2) is 5.41. The fraction of sp³-hybridized carbons (Fsp3) is 0.412. The normalized spacial score (nSPS) is 22.8. The molecule has 0 aromatic heterocycles. The number of nitrogens with zero attached hydrogens (tertiary/aromatic N) is 1. The van der Waals surface area contributed by atoms with Crippen molar-refractivity contribution in [2.45, 2.75) is 32.7 Å². The minimum Gasteiger partial charge on any atom is -0.379 e. The van der Waals surface area contributed by atoms with Crippen LogP contribution in [0.15, 0.2) is 36.2 Å². The van der Waals surface area contributed by atoms with Crippen LogP contribution in [0, 0.1) is 12.7 Å². The molecule has 1 aromatic rings. The topological polar surface area (TPSA) is 12.5 Å². The molecule has 0 aliphatic carbocycles. The number of hydrogen-bond acceptors (Lipinski definition) is 2. The standard InChI is InChI=1S/C17H20FNO/c1-12-3-4-16(17(18)8-12)14-7-13(2)9-19(10-14)15-5-6-20-11-15/h3-4,8-10,15H,5-7,11H2,1-2H3. The fourth-order valence-corrected chi connectivity index (χ4v) is 2.88. The predicted molar refractivity (Wildman–Crippen MR) is 78.6 cm³/mol. The van der Waals surface area contributed by atoms with Gasteiger partial charge in [0.1, 0.15) is 5.82 Å². The molecule has 1 fully saturated rings. The molecule has 1 saturated heterocycles. The minimum atomic E-state index is -0.131. The lowest BCUT2D eigenvalue weighted by molar-refractivity contribution is 0.178. The van der Waals surface area contributed by atoms with Gasteiger partial charge in [-0.05, 0) is 43.9 Å². The highest BCUT2D eigenvalue weighted by Crippen LogP contribution is 2.31. The zero-order valence-corrected chi connectivity index (χ0v) is 12.0. The Labute approximate surface area is 119 Å². The number of halogens is 1. The van der Waals surface area contributed by atoms with Gasteiger partial charge in [0, 0.05) is 24.6 Å². The molecule has 20 heavy (non-hydrogen) atoms. The molecule has 0 amide bonds. The van der Waals surface area contributed by atoms with Crippen molar-refractivity contribution in [2.75, 3.05) is 13.2 Å². The summed E-state index contributed by atoms with van der Waals surface area (Å²) < 4.78 is 19.6. The van der Waals surface area contributed by atoms with Crippen molar-refractivity contribution in [3.8, 4) is 0 Å². The number of hydrogen-bond donors (Lipinski definition) is 0. The highest BCUT2D eigenvalue weighted by Gasteiger charge is 2.23. The van der Waals surface area contributed by atoms with Gasteiger partial charge in [0.2, 0.25) is 0 Å². The molecule has 3 heteroatoms. The first-order chi connectivity index (χ1) is 9.63. The third kappa shape index (κ3) is 2.63.